The molecule has 0 aliphatic carbocycles. The summed E-state index contributed by atoms with van der Waals surface area (Å²) in [5.41, 5.74) is -0.0551. The number of rotatable bonds is 7. The van der Waals surface area contributed by atoms with Crippen molar-refractivity contribution < 1.29 is 28.2 Å². The van der Waals surface area contributed by atoms with E-state index in [1.807, 2.05) is 30.3 Å². The second-order valence-electron chi connectivity index (χ2n) is 8.42. The molecular weight excluding hydrogens is 427 g/mol. The van der Waals surface area contributed by atoms with Crippen LogP contribution in [-0.2, 0) is 25.5 Å². The van der Waals surface area contributed by atoms with Gasteiger partial charge in [-0.1, -0.05) is 30.3 Å². The van der Waals surface area contributed by atoms with Crippen LogP contribution in [0.25, 0.3) is 0 Å². The van der Waals surface area contributed by atoms with E-state index in [1.54, 1.807) is 9.80 Å². The third kappa shape index (κ3) is 6.30. The Balaban J connectivity index is 1.48. The molecule has 2 aromatic rings. The van der Waals surface area contributed by atoms with Crippen LogP contribution in [-0.4, -0.2) is 79.8 Å². The van der Waals surface area contributed by atoms with Crippen molar-refractivity contribution in [1.29, 1.82) is 0 Å². The molecule has 2 aliphatic rings. The SMILES string of the molecule is O=C(CC1(COc2ccc(F)cc2)CN(C(=O)Cc2ccccc2)CCO1)N1CCOCC1. The van der Waals surface area contributed by atoms with Crippen LogP contribution in [0, 0.1) is 5.82 Å². The lowest BCUT2D eigenvalue weighted by Gasteiger charge is -2.43. The van der Waals surface area contributed by atoms with Gasteiger partial charge in [-0.3, -0.25) is 9.59 Å². The van der Waals surface area contributed by atoms with Crippen LogP contribution in [0.15, 0.2) is 54.6 Å². The molecule has 2 aliphatic heterocycles. The lowest BCUT2D eigenvalue weighted by molar-refractivity contribution is -0.167. The lowest BCUT2D eigenvalue weighted by atomic mass is 9.96. The summed E-state index contributed by atoms with van der Waals surface area (Å²) in [6, 6.07) is 15.3. The van der Waals surface area contributed by atoms with Gasteiger partial charge in [0.2, 0.25) is 11.8 Å². The van der Waals surface area contributed by atoms with Crippen molar-refractivity contribution in [2.24, 2.45) is 0 Å². The van der Waals surface area contributed by atoms with Crippen LogP contribution in [0.2, 0.25) is 0 Å². The number of benzene rings is 2. The normalized spacial score (nSPS) is 21.0. The van der Waals surface area contributed by atoms with E-state index in [0.29, 0.717) is 45.2 Å². The van der Waals surface area contributed by atoms with E-state index in [4.69, 9.17) is 14.2 Å². The third-order valence-electron chi connectivity index (χ3n) is 5.95. The lowest BCUT2D eigenvalue weighted by Crippen LogP contribution is -2.59. The molecule has 176 valence electrons. The average Bonchev–Trinajstić information content (AvgIpc) is 2.85. The second kappa shape index (κ2) is 10.8. The van der Waals surface area contributed by atoms with Crippen molar-refractivity contribution in [1.82, 2.24) is 9.80 Å². The Kier molecular flexibility index (Phi) is 7.57. The maximum absolute atomic E-state index is 13.3. The smallest absolute Gasteiger partial charge is 0.227 e. The summed E-state index contributed by atoms with van der Waals surface area (Å²) >= 11 is 0. The van der Waals surface area contributed by atoms with Crippen LogP contribution in [0.4, 0.5) is 4.39 Å². The van der Waals surface area contributed by atoms with Crippen molar-refractivity contribution in [3.63, 3.8) is 0 Å². The van der Waals surface area contributed by atoms with Gasteiger partial charge in [0.1, 0.15) is 23.8 Å². The summed E-state index contributed by atoms with van der Waals surface area (Å²) < 4.78 is 30.7. The second-order valence-corrected chi connectivity index (χ2v) is 8.42. The van der Waals surface area contributed by atoms with Crippen molar-refractivity contribution in [2.45, 2.75) is 18.4 Å². The number of carbonyl (C=O) groups excluding carboxylic acids is 2. The summed E-state index contributed by atoms with van der Waals surface area (Å²) in [7, 11) is 0. The minimum Gasteiger partial charge on any atom is -0.490 e. The molecule has 2 saturated heterocycles. The van der Waals surface area contributed by atoms with E-state index >= 15 is 0 Å². The molecule has 1 atom stereocenters. The summed E-state index contributed by atoms with van der Waals surface area (Å²) in [4.78, 5) is 29.6. The Morgan fingerprint density at radius 3 is 2.33 bits per heavy atom. The van der Waals surface area contributed by atoms with Gasteiger partial charge < -0.3 is 24.0 Å². The maximum atomic E-state index is 13.3. The van der Waals surface area contributed by atoms with Crippen LogP contribution in [0.3, 0.4) is 0 Å². The number of amides is 2. The molecule has 1 unspecified atom stereocenters. The van der Waals surface area contributed by atoms with Gasteiger partial charge in [-0.2, -0.15) is 0 Å². The zero-order valence-corrected chi connectivity index (χ0v) is 18.6. The third-order valence-corrected chi connectivity index (χ3v) is 5.95. The molecule has 2 fully saturated rings. The van der Waals surface area contributed by atoms with Gasteiger partial charge in [0.15, 0.2) is 0 Å². The number of nitrogens with zero attached hydrogens (tertiary/aromatic N) is 2. The zero-order valence-electron chi connectivity index (χ0n) is 18.6. The number of hydrogen-bond acceptors (Lipinski definition) is 5. The molecular formula is C25H29FN2O5. The Hall–Kier alpha value is -2.97. The van der Waals surface area contributed by atoms with Gasteiger partial charge >= 0.3 is 0 Å². The number of morpholine rings is 2. The number of carbonyl (C=O) groups is 2. The van der Waals surface area contributed by atoms with Gasteiger partial charge in [-0.05, 0) is 29.8 Å². The fraction of sp³-hybridized carbons (Fsp3) is 0.440. The van der Waals surface area contributed by atoms with E-state index in [2.05, 4.69) is 0 Å². The summed E-state index contributed by atoms with van der Waals surface area (Å²) in [6.07, 6.45) is 0.371. The average molecular weight is 457 g/mol. The Labute approximate surface area is 193 Å². The first-order valence-electron chi connectivity index (χ1n) is 11.2. The quantitative estimate of drug-likeness (QED) is 0.640. The van der Waals surface area contributed by atoms with E-state index in [1.165, 1.54) is 24.3 Å². The Morgan fingerprint density at radius 2 is 1.61 bits per heavy atom. The fourth-order valence-electron chi connectivity index (χ4n) is 4.13. The minimum atomic E-state index is -0.992. The first kappa shape index (κ1) is 23.2. The van der Waals surface area contributed by atoms with Gasteiger partial charge in [0.05, 0.1) is 39.2 Å². The van der Waals surface area contributed by atoms with Crippen molar-refractivity contribution in [2.75, 3.05) is 52.6 Å². The van der Waals surface area contributed by atoms with E-state index in [9.17, 15) is 14.0 Å². The minimum absolute atomic E-state index is 0.0190. The first-order valence-corrected chi connectivity index (χ1v) is 11.2. The molecule has 2 amide bonds. The molecule has 0 bridgehead atoms. The highest BCUT2D eigenvalue weighted by atomic mass is 19.1. The van der Waals surface area contributed by atoms with Crippen LogP contribution in [0.1, 0.15) is 12.0 Å². The molecule has 2 aromatic carbocycles. The van der Waals surface area contributed by atoms with Gasteiger partial charge in [0.25, 0.3) is 0 Å². The van der Waals surface area contributed by atoms with Gasteiger partial charge in [0, 0.05) is 19.6 Å². The molecule has 0 N–H and O–H groups in total. The Bertz CT molecular complexity index is 934. The maximum Gasteiger partial charge on any atom is 0.227 e. The molecule has 0 saturated carbocycles. The summed E-state index contributed by atoms with van der Waals surface area (Å²) in [6.45, 7) is 3.16. The van der Waals surface area contributed by atoms with Crippen LogP contribution < -0.4 is 4.74 Å². The highest BCUT2D eigenvalue weighted by Gasteiger charge is 2.42. The Morgan fingerprint density at radius 1 is 0.909 bits per heavy atom. The van der Waals surface area contributed by atoms with Gasteiger partial charge in [-0.25, -0.2) is 4.39 Å². The van der Waals surface area contributed by atoms with E-state index < -0.39 is 5.60 Å². The molecule has 4 rings (SSSR count). The molecule has 0 spiro atoms. The highest BCUT2D eigenvalue weighted by molar-refractivity contribution is 5.80. The number of hydrogen-bond donors (Lipinski definition) is 0. The van der Waals surface area contributed by atoms with Crippen molar-refractivity contribution in [3.05, 3.63) is 66.0 Å². The molecule has 2 heterocycles. The molecule has 0 radical (unpaired) electrons. The predicted octanol–water partition coefficient (Wildman–Crippen LogP) is 2.29. The molecule has 0 aromatic heterocycles. The van der Waals surface area contributed by atoms with E-state index in [-0.39, 0.29) is 43.6 Å². The van der Waals surface area contributed by atoms with Crippen molar-refractivity contribution in [3.8, 4) is 5.75 Å². The largest absolute Gasteiger partial charge is 0.490 e. The molecule has 33 heavy (non-hydrogen) atoms. The number of halogens is 1. The van der Waals surface area contributed by atoms with E-state index in [0.717, 1.165) is 5.56 Å². The van der Waals surface area contributed by atoms with Crippen molar-refractivity contribution >= 4 is 11.8 Å². The molecule has 8 heteroatoms. The molecule has 7 nitrogen and oxygen atoms in total. The zero-order chi connectivity index (χ0) is 23.1. The predicted molar refractivity (Wildman–Crippen MR) is 119 cm³/mol. The summed E-state index contributed by atoms with van der Waals surface area (Å²) in [5.74, 6) is 0.0462. The number of ether oxygens (including phenoxy) is 3. The topological polar surface area (TPSA) is 68.3 Å². The standard InChI is InChI=1S/C25H29FN2O5/c26-21-6-8-22(9-7-21)32-19-25(17-24(30)27-10-13-31-14-11-27)18-28(12-15-33-25)23(29)16-20-4-2-1-3-5-20/h1-9H,10-19H2. The highest BCUT2D eigenvalue weighted by Crippen LogP contribution is 2.26. The monoisotopic (exact) mass is 456 g/mol. The van der Waals surface area contributed by atoms with Crippen LogP contribution >= 0.6 is 0 Å². The van der Waals surface area contributed by atoms with Crippen LogP contribution in [0.5, 0.6) is 5.75 Å². The van der Waals surface area contributed by atoms with Gasteiger partial charge in [-0.15, -0.1) is 0 Å². The summed E-state index contributed by atoms with van der Waals surface area (Å²) in [5, 5.41) is 0. The fourth-order valence-corrected chi connectivity index (χ4v) is 4.13. The first-order chi connectivity index (χ1) is 16.0.